The molecular weight excluding hydrogens is 362 g/mol. The molecule has 0 spiro atoms. The molecule has 0 aliphatic carbocycles. The minimum atomic E-state index is -0.255. The van der Waals surface area contributed by atoms with E-state index in [1.54, 1.807) is 22.1 Å². The second-order valence-corrected chi connectivity index (χ2v) is 7.68. The summed E-state index contributed by atoms with van der Waals surface area (Å²) in [4.78, 5) is 42.4. The number of carbonyl (C=O) groups is 2. The molecule has 152 valence electrons. The lowest BCUT2D eigenvalue weighted by molar-refractivity contribution is -0.133. The van der Waals surface area contributed by atoms with Crippen molar-refractivity contribution in [1.29, 1.82) is 0 Å². The topological polar surface area (TPSA) is 88.0 Å². The first-order chi connectivity index (χ1) is 13.6. The van der Waals surface area contributed by atoms with E-state index in [0.29, 0.717) is 26.2 Å². The Kier molecular flexibility index (Phi) is 5.50. The fourth-order valence-electron chi connectivity index (χ4n) is 4.26. The van der Waals surface area contributed by atoms with Gasteiger partial charge in [-0.3, -0.25) is 9.59 Å². The normalized spacial score (nSPS) is 21.1. The van der Waals surface area contributed by atoms with Gasteiger partial charge in [0.05, 0.1) is 18.4 Å². The highest BCUT2D eigenvalue weighted by Crippen LogP contribution is 2.20. The summed E-state index contributed by atoms with van der Waals surface area (Å²) >= 11 is 0. The maximum atomic E-state index is 12.6. The predicted molar refractivity (Wildman–Crippen MR) is 102 cm³/mol. The first-order valence-corrected chi connectivity index (χ1v) is 10.1. The molecule has 3 fully saturated rings. The molecule has 4 rings (SSSR count). The van der Waals surface area contributed by atoms with Crippen molar-refractivity contribution in [2.24, 2.45) is 0 Å². The van der Waals surface area contributed by atoms with E-state index in [1.165, 1.54) is 11.1 Å². The summed E-state index contributed by atoms with van der Waals surface area (Å²) in [7, 11) is 0. The lowest BCUT2D eigenvalue weighted by Crippen LogP contribution is -2.48. The zero-order valence-electron chi connectivity index (χ0n) is 16.1. The third-order valence-electron chi connectivity index (χ3n) is 5.91. The van der Waals surface area contributed by atoms with Gasteiger partial charge in [0.15, 0.2) is 0 Å². The first-order valence-electron chi connectivity index (χ1n) is 10.1. The van der Waals surface area contributed by atoms with Gasteiger partial charge in [-0.2, -0.15) is 5.10 Å². The van der Waals surface area contributed by atoms with Crippen molar-refractivity contribution >= 4 is 17.7 Å². The molecule has 0 N–H and O–H groups in total. The van der Waals surface area contributed by atoms with E-state index >= 15 is 0 Å². The highest BCUT2D eigenvalue weighted by molar-refractivity contribution is 5.76. The number of hydrogen-bond donors (Lipinski definition) is 0. The van der Waals surface area contributed by atoms with E-state index in [9.17, 15) is 14.4 Å². The van der Waals surface area contributed by atoms with Crippen LogP contribution in [0.4, 0.5) is 10.5 Å². The Morgan fingerprint density at radius 2 is 1.82 bits per heavy atom. The molecule has 28 heavy (non-hydrogen) atoms. The summed E-state index contributed by atoms with van der Waals surface area (Å²) < 4.78 is 6.23. The molecule has 0 bridgehead atoms. The quantitative estimate of drug-likeness (QED) is 0.752. The molecule has 2 amide bonds. The van der Waals surface area contributed by atoms with Crippen molar-refractivity contribution < 1.29 is 14.3 Å². The zero-order valence-corrected chi connectivity index (χ0v) is 16.1. The molecule has 1 aromatic heterocycles. The smallest absolute Gasteiger partial charge is 0.410 e. The molecule has 0 unspecified atom stereocenters. The summed E-state index contributed by atoms with van der Waals surface area (Å²) in [6, 6.07) is 1.71. The van der Waals surface area contributed by atoms with Crippen molar-refractivity contribution in [1.82, 2.24) is 19.6 Å². The number of cyclic esters (lactones) is 1. The molecule has 9 nitrogen and oxygen atoms in total. The van der Waals surface area contributed by atoms with Crippen LogP contribution in [-0.4, -0.2) is 77.0 Å². The standard InChI is InChI=1S/C19H27N5O4/c25-17-12-16(21-6-2-1-3-7-21)13-20-24(17)14-18(26)22-8-4-15(5-9-22)23-10-11-28-19(23)27/h12-13,15H,1-11,14H2. The van der Waals surface area contributed by atoms with Crippen molar-refractivity contribution in [2.75, 3.05) is 44.2 Å². The third kappa shape index (κ3) is 3.98. The SMILES string of the molecule is O=C(Cn1ncc(N2CCCCC2)cc1=O)N1CCC(N2CCOC2=O)CC1. The molecule has 3 aliphatic rings. The van der Waals surface area contributed by atoms with Crippen molar-refractivity contribution in [3.05, 3.63) is 22.6 Å². The predicted octanol–water partition coefficient (Wildman–Crippen LogP) is 0.677. The highest BCUT2D eigenvalue weighted by Gasteiger charge is 2.33. The molecule has 3 aliphatic heterocycles. The Hall–Kier alpha value is -2.58. The summed E-state index contributed by atoms with van der Waals surface area (Å²) in [5.41, 5.74) is 0.595. The average molecular weight is 389 g/mol. The molecule has 1 aromatic rings. The number of likely N-dealkylation sites (tertiary alicyclic amines) is 1. The number of amides is 2. The fraction of sp³-hybridized carbons (Fsp3) is 0.684. The highest BCUT2D eigenvalue weighted by atomic mass is 16.6. The van der Waals surface area contributed by atoms with E-state index in [0.717, 1.165) is 44.5 Å². The molecule has 0 radical (unpaired) electrons. The lowest BCUT2D eigenvalue weighted by atomic mass is 10.0. The first kappa shape index (κ1) is 18.8. The number of anilines is 1. The zero-order chi connectivity index (χ0) is 19.5. The van der Waals surface area contributed by atoms with Crippen LogP contribution in [0.2, 0.25) is 0 Å². The van der Waals surface area contributed by atoms with E-state index in [1.807, 2.05) is 0 Å². The van der Waals surface area contributed by atoms with Crippen LogP contribution in [0, 0.1) is 0 Å². The number of carbonyl (C=O) groups excluding carboxylic acids is 2. The average Bonchev–Trinajstić information content (AvgIpc) is 3.16. The second kappa shape index (κ2) is 8.20. The molecule has 3 saturated heterocycles. The van der Waals surface area contributed by atoms with E-state index in [-0.39, 0.29) is 30.1 Å². The van der Waals surface area contributed by atoms with Crippen LogP contribution >= 0.6 is 0 Å². The summed E-state index contributed by atoms with van der Waals surface area (Å²) in [5, 5.41) is 4.22. The second-order valence-electron chi connectivity index (χ2n) is 7.68. The minimum absolute atomic E-state index is 0.0461. The van der Waals surface area contributed by atoms with Crippen molar-refractivity contribution in [3.63, 3.8) is 0 Å². The van der Waals surface area contributed by atoms with Gasteiger partial charge in [0, 0.05) is 38.3 Å². The van der Waals surface area contributed by atoms with Crippen LogP contribution in [0.25, 0.3) is 0 Å². The van der Waals surface area contributed by atoms with Crippen molar-refractivity contribution in [2.45, 2.75) is 44.7 Å². The minimum Gasteiger partial charge on any atom is -0.448 e. The summed E-state index contributed by atoms with van der Waals surface area (Å²) in [6.07, 6.45) is 6.39. The maximum Gasteiger partial charge on any atom is 0.410 e. The van der Waals surface area contributed by atoms with Crippen molar-refractivity contribution in [3.8, 4) is 0 Å². The third-order valence-corrected chi connectivity index (χ3v) is 5.91. The van der Waals surface area contributed by atoms with E-state index in [2.05, 4.69) is 10.00 Å². The molecule has 9 heteroatoms. The maximum absolute atomic E-state index is 12.6. The summed E-state index contributed by atoms with van der Waals surface area (Å²) in [6.45, 7) is 4.07. The Labute approximate surface area is 163 Å². The number of rotatable bonds is 4. The Bertz CT molecular complexity index is 781. The molecular formula is C19H27N5O4. The number of aromatic nitrogens is 2. The van der Waals surface area contributed by atoms with Crippen LogP contribution in [-0.2, 0) is 16.1 Å². The Morgan fingerprint density at radius 1 is 1.07 bits per heavy atom. The van der Waals surface area contributed by atoms with Gasteiger partial charge in [-0.15, -0.1) is 0 Å². The fourth-order valence-corrected chi connectivity index (χ4v) is 4.26. The number of hydrogen-bond acceptors (Lipinski definition) is 6. The lowest BCUT2D eigenvalue weighted by Gasteiger charge is -2.35. The Balaban J connectivity index is 1.32. The molecule has 0 saturated carbocycles. The van der Waals surface area contributed by atoms with E-state index < -0.39 is 0 Å². The molecule has 4 heterocycles. The molecule has 0 atom stereocenters. The van der Waals surface area contributed by atoms with Gasteiger partial charge in [-0.05, 0) is 32.1 Å². The van der Waals surface area contributed by atoms with Gasteiger partial charge in [0.2, 0.25) is 5.91 Å². The molecule has 0 aromatic carbocycles. The van der Waals surface area contributed by atoms with Crippen LogP contribution in [0.15, 0.2) is 17.1 Å². The van der Waals surface area contributed by atoms with Crippen LogP contribution in [0.3, 0.4) is 0 Å². The van der Waals surface area contributed by atoms with Gasteiger partial charge in [0.25, 0.3) is 5.56 Å². The number of nitrogens with zero attached hydrogens (tertiary/aromatic N) is 5. The van der Waals surface area contributed by atoms with Gasteiger partial charge < -0.3 is 19.4 Å². The Morgan fingerprint density at radius 3 is 2.46 bits per heavy atom. The van der Waals surface area contributed by atoms with Gasteiger partial charge >= 0.3 is 6.09 Å². The number of ether oxygens (including phenoxy) is 1. The van der Waals surface area contributed by atoms with Crippen LogP contribution in [0.1, 0.15) is 32.1 Å². The van der Waals surface area contributed by atoms with Gasteiger partial charge in [-0.1, -0.05) is 0 Å². The van der Waals surface area contributed by atoms with Crippen LogP contribution in [0.5, 0.6) is 0 Å². The van der Waals surface area contributed by atoms with Gasteiger partial charge in [-0.25, -0.2) is 9.48 Å². The number of piperidine rings is 2. The van der Waals surface area contributed by atoms with Crippen LogP contribution < -0.4 is 10.5 Å². The largest absolute Gasteiger partial charge is 0.448 e. The monoisotopic (exact) mass is 389 g/mol. The van der Waals surface area contributed by atoms with Gasteiger partial charge in [0.1, 0.15) is 13.2 Å². The van der Waals surface area contributed by atoms with E-state index in [4.69, 9.17) is 4.74 Å². The summed E-state index contributed by atoms with van der Waals surface area (Å²) in [5.74, 6) is -0.109.